The number of amides is 1. The van der Waals surface area contributed by atoms with Crippen molar-refractivity contribution in [3.63, 3.8) is 0 Å². The zero-order valence-electron chi connectivity index (χ0n) is 20.5. The minimum Gasteiger partial charge on any atom is -0.508 e. The maximum absolute atomic E-state index is 13.3. The fourth-order valence-corrected chi connectivity index (χ4v) is 3.78. The number of aromatic nitrogens is 1. The normalized spacial score (nSPS) is 11.6. The minimum atomic E-state index is -0.410. The number of nitrogens with one attached hydrogen (secondary N) is 1. The molecule has 0 saturated heterocycles. The number of fused-ring (bicyclic) bond motifs is 1. The van der Waals surface area contributed by atoms with Crippen molar-refractivity contribution >= 4 is 22.5 Å². The molecule has 3 N–H and O–H groups in total. The summed E-state index contributed by atoms with van der Waals surface area (Å²) in [5, 5.41) is 24.9. The molecule has 0 aliphatic rings. The van der Waals surface area contributed by atoms with Gasteiger partial charge in [0.15, 0.2) is 0 Å². The van der Waals surface area contributed by atoms with E-state index in [1.165, 1.54) is 18.2 Å². The molecule has 1 heterocycles. The van der Waals surface area contributed by atoms with E-state index in [0.717, 1.165) is 11.3 Å². The lowest BCUT2D eigenvalue weighted by molar-refractivity contribution is 0.0956. The van der Waals surface area contributed by atoms with Crippen LogP contribution in [0.15, 0.2) is 77.9 Å². The molecular formula is C29H29N3O4. The first-order chi connectivity index (χ1) is 17.4. The molecule has 0 atom stereocenters. The molecule has 36 heavy (non-hydrogen) atoms. The third kappa shape index (κ3) is 5.63. The van der Waals surface area contributed by atoms with E-state index >= 15 is 0 Å². The molecular weight excluding hydrogens is 454 g/mol. The Hall–Kier alpha value is -4.39. The van der Waals surface area contributed by atoms with Gasteiger partial charge in [0.25, 0.3) is 5.91 Å². The Balaban J connectivity index is 1.70. The number of hydrazone groups is 1. The fourth-order valence-electron chi connectivity index (χ4n) is 3.78. The van der Waals surface area contributed by atoms with Crippen LogP contribution in [0.3, 0.4) is 0 Å². The number of phenols is 2. The molecule has 0 unspecified atom stereocenters. The van der Waals surface area contributed by atoms with Gasteiger partial charge in [0.05, 0.1) is 29.1 Å². The summed E-state index contributed by atoms with van der Waals surface area (Å²) in [5.74, 6) is 0.703. The van der Waals surface area contributed by atoms with Crippen molar-refractivity contribution in [3.05, 3.63) is 83.9 Å². The van der Waals surface area contributed by atoms with Gasteiger partial charge in [-0.1, -0.05) is 51.1 Å². The third-order valence-electron chi connectivity index (χ3n) is 5.59. The topological polar surface area (TPSA) is 104 Å². The second-order valence-electron chi connectivity index (χ2n) is 8.86. The summed E-state index contributed by atoms with van der Waals surface area (Å²) in [6.07, 6.45) is 0.433. The highest BCUT2D eigenvalue weighted by Gasteiger charge is 2.15. The minimum absolute atomic E-state index is 0.000324. The second kappa shape index (κ2) is 10.9. The van der Waals surface area contributed by atoms with Crippen LogP contribution in [0.4, 0.5) is 0 Å². The molecule has 7 nitrogen and oxygen atoms in total. The van der Waals surface area contributed by atoms with Crippen molar-refractivity contribution in [3.8, 4) is 28.5 Å². The Morgan fingerprint density at radius 1 is 1.00 bits per heavy atom. The number of pyridine rings is 1. The van der Waals surface area contributed by atoms with Gasteiger partial charge in [0.1, 0.15) is 17.2 Å². The zero-order chi connectivity index (χ0) is 25.7. The predicted octanol–water partition coefficient (Wildman–Crippen LogP) is 5.89. The van der Waals surface area contributed by atoms with Gasteiger partial charge in [-0.25, -0.2) is 10.4 Å². The molecule has 3 aromatic carbocycles. The van der Waals surface area contributed by atoms with Gasteiger partial charge in [0.2, 0.25) is 0 Å². The standard InChI is InChI=1S/C29H29N3O4/c1-4-25(24-15-20(33)12-13-28(24)34)31-32-29(35)23-16-27(30-26-11-6-5-10-22(23)26)19-8-7-9-21(14-19)36-17-18(2)3/h5-16,18,33-34H,4,17H2,1-3H3,(H,32,35)/b31-25+. The highest BCUT2D eigenvalue weighted by Crippen LogP contribution is 2.28. The van der Waals surface area contributed by atoms with E-state index in [0.29, 0.717) is 52.4 Å². The molecule has 0 fully saturated rings. The van der Waals surface area contributed by atoms with Gasteiger partial charge in [-0.15, -0.1) is 0 Å². The molecule has 7 heteroatoms. The first kappa shape index (κ1) is 24.7. The van der Waals surface area contributed by atoms with Gasteiger partial charge in [0, 0.05) is 16.5 Å². The predicted molar refractivity (Wildman–Crippen MR) is 142 cm³/mol. The highest BCUT2D eigenvalue weighted by atomic mass is 16.5. The van der Waals surface area contributed by atoms with Crippen molar-refractivity contribution in [1.82, 2.24) is 10.4 Å². The first-order valence-corrected chi connectivity index (χ1v) is 11.9. The maximum Gasteiger partial charge on any atom is 0.272 e. The van der Waals surface area contributed by atoms with E-state index in [1.807, 2.05) is 55.5 Å². The van der Waals surface area contributed by atoms with E-state index in [1.54, 1.807) is 6.07 Å². The van der Waals surface area contributed by atoms with Crippen LogP contribution in [0.2, 0.25) is 0 Å². The molecule has 4 rings (SSSR count). The summed E-state index contributed by atoms with van der Waals surface area (Å²) in [7, 11) is 0. The van der Waals surface area contributed by atoms with Gasteiger partial charge in [-0.05, 0) is 54.8 Å². The number of rotatable bonds is 8. The Bertz CT molecular complexity index is 1430. The van der Waals surface area contributed by atoms with Crippen LogP contribution < -0.4 is 10.2 Å². The van der Waals surface area contributed by atoms with Crippen molar-refractivity contribution in [2.24, 2.45) is 11.0 Å². The van der Waals surface area contributed by atoms with E-state index in [9.17, 15) is 15.0 Å². The van der Waals surface area contributed by atoms with E-state index < -0.39 is 5.91 Å². The van der Waals surface area contributed by atoms with E-state index in [2.05, 4.69) is 24.4 Å². The lowest BCUT2D eigenvalue weighted by Crippen LogP contribution is -2.20. The number of para-hydroxylation sites is 1. The molecule has 4 aromatic rings. The summed E-state index contributed by atoms with van der Waals surface area (Å²) in [6.45, 7) is 6.64. The quantitative estimate of drug-likeness (QED) is 0.165. The molecule has 0 bridgehead atoms. The number of carbonyl (C=O) groups excluding carboxylic acids is 1. The zero-order valence-corrected chi connectivity index (χ0v) is 20.5. The van der Waals surface area contributed by atoms with Gasteiger partial charge < -0.3 is 14.9 Å². The number of phenolic OH excluding ortho intramolecular Hbond substituents is 2. The molecule has 184 valence electrons. The molecule has 0 saturated carbocycles. The number of hydrogen-bond donors (Lipinski definition) is 3. The highest BCUT2D eigenvalue weighted by molar-refractivity contribution is 6.08. The lowest BCUT2D eigenvalue weighted by atomic mass is 10.0. The van der Waals surface area contributed by atoms with Gasteiger partial charge in [-0.2, -0.15) is 5.10 Å². The monoisotopic (exact) mass is 483 g/mol. The molecule has 1 aromatic heterocycles. The molecule has 1 amide bonds. The smallest absolute Gasteiger partial charge is 0.272 e. The summed E-state index contributed by atoms with van der Waals surface area (Å²) in [6, 6.07) is 21.0. The Labute approximate surface area is 210 Å². The number of hydrogen-bond acceptors (Lipinski definition) is 6. The maximum atomic E-state index is 13.3. The number of nitrogens with zero attached hydrogens (tertiary/aromatic N) is 2. The van der Waals surface area contributed by atoms with Crippen LogP contribution in [0.5, 0.6) is 17.2 Å². The van der Waals surface area contributed by atoms with E-state index in [4.69, 9.17) is 9.72 Å². The van der Waals surface area contributed by atoms with Crippen molar-refractivity contribution < 1.29 is 19.7 Å². The van der Waals surface area contributed by atoms with Crippen molar-refractivity contribution in [1.29, 1.82) is 0 Å². The van der Waals surface area contributed by atoms with Crippen LogP contribution in [0.25, 0.3) is 22.2 Å². The Morgan fingerprint density at radius 2 is 1.81 bits per heavy atom. The van der Waals surface area contributed by atoms with Crippen LogP contribution >= 0.6 is 0 Å². The SMILES string of the molecule is CC/C(=N\NC(=O)c1cc(-c2cccc(OCC(C)C)c2)nc2ccccc12)c1cc(O)ccc1O. The van der Waals surface area contributed by atoms with Crippen LogP contribution in [-0.2, 0) is 0 Å². The summed E-state index contributed by atoms with van der Waals surface area (Å²) in [4.78, 5) is 18.1. The summed E-state index contributed by atoms with van der Waals surface area (Å²) < 4.78 is 5.87. The lowest BCUT2D eigenvalue weighted by Gasteiger charge is -2.12. The number of carbonyl (C=O) groups is 1. The van der Waals surface area contributed by atoms with Gasteiger partial charge >= 0.3 is 0 Å². The van der Waals surface area contributed by atoms with Crippen LogP contribution in [0, 0.1) is 5.92 Å². The molecule has 0 aliphatic heterocycles. The third-order valence-corrected chi connectivity index (χ3v) is 5.59. The van der Waals surface area contributed by atoms with Crippen molar-refractivity contribution in [2.45, 2.75) is 27.2 Å². The van der Waals surface area contributed by atoms with Crippen LogP contribution in [-0.4, -0.2) is 33.4 Å². The molecule has 0 spiro atoms. The number of aromatic hydroxyl groups is 2. The second-order valence-corrected chi connectivity index (χ2v) is 8.86. The Kier molecular flexibility index (Phi) is 7.49. The molecule has 0 radical (unpaired) electrons. The average Bonchev–Trinajstić information content (AvgIpc) is 2.89. The Morgan fingerprint density at radius 3 is 2.58 bits per heavy atom. The number of benzene rings is 3. The fraction of sp³-hybridized carbons (Fsp3) is 0.207. The van der Waals surface area contributed by atoms with Crippen LogP contribution in [0.1, 0.15) is 43.1 Å². The van der Waals surface area contributed by atoms with E-state index in [-0.39, 0.29) is 11.5 Å². The summed E-state index contributed by atoms with van der Waals surface area (Å²) in [5.41, 5.74) is 5.98. The number of ether oxygens (including phenoxy) is 1. The largest absolute Gasteiger partial charge is 0.508 e. The first-order valence-electron chi connectivity index (χ1n) is 11.9. The average molecular weight is 484 g/mol. The molecule has 0 aliphatic carbocycles. The summed E-state index contributed by atoms with van der Waals surface area (Å²) >= 11 is 0. The van der Waals surface area contributed by atoms with Gasteiger partial charge in [-0.3, -0.25) is 4.79 Å². The van der Waals surface area contributed by atoms with Crippen molar-refractivity contribution in [2.75, 3.05) is 6.61 Å².